The second kappa shape index (κ2) is 7.20. The molecule has 3 aromatic rings. The third kappa shape index (κ3) is 3.28. The number of aryl methyl sites for hydroxylation is 1. The Morgan fingerprint density at radius 1 is 0.815 bits per heavy atom. The fourth-order valence-corrected chi connectivity index (χ4v) is 3.42. The lowest BCUT2D eigenvalue weighted by Crippen LogP contribution is -2.10. The summed E-state index contributed by atoms with van der Waals surface area (Å²) in [5, 5.41) is 0. The molecule has 4 rings (SSSR count). The Morgan fingerprint density at radius 3 is 2.30 bits per heavy atom. The van der Waals surface area contributed by atoms with Crippen molar-refractivity contribution in [1.82, 2.24) is 0 Å². The average molecular weight is 358 g/mol. The van der Waals surface area contributed by atoms with Gasteiger partial charge in [-0.2, -0.15) is 0 Å². The van der Waals surface area contributed by atoms with Crippen LogP contribution in [0, 0.1) is 6.92 Å². The van der Waals surface area contributed by atoms with Gasteiger partial charge in [-0.05, 0) is 42.8 Å². The molecular formula is C24H22O3. The predicted molar refractivity (Wildman–Crippen MR) is 108 cm³/mol. The summed E-state index contributed by atoms with van der Waals surface area (Å²) < 4.78 is 17.0. The lowest BCUT2D eigenvalue weighted by atomic mass is 9.87. The third-order valence-electron chi connectivity index (χ3n) is 4.90. The maximum Gasteiger partial charge on any atom is 0.161 e. The zero-order valence-corrected chi connectivity index (χ0v) is 15.7. The molecule has 27 heavy (non-hydrogen) atoms. The van der Waals surface area contributed by atoms with E-state index in [1.807, 2.05) is 30.3 Å². The molecular weight excluding hydrogens is 336 g/mol. The molecule has 3 heteroatoms. The minimum absolute atomic E-state index is 0.138. The second-order valence-electron chi connectivity index (χ2n) is 6.63. The first-order chi connectivity index (χ1) is 13.2. The fraction of sp³-hybridized carbons (Fsp3) is 0.167. The molecule has 0 radical (unpaired) electrons. The molecule has 0 saturated heterocycles. The van der Waals surface area contributed by atoms with Crippen LogP contribution in [0.3, 0.4) is 0 Å². The highest BCUT2D eigenvalue weighted by Crippen LogP contribution is 2.42. The maximum absolute atomic E-state index is 6.23. The van der Waals surface area contributed by atoms with Gasteiger partial charge in [0.25, 0.3) is 0 Å². The van der Waals surface area contributed by atoms with E-state index in [4.69, 9.17) is 14.2 Å². The second-order valence-corrected chi connectivity index (χ2v) is 6.63. The molecule has 0 bridgehead atoms. The first-order valence-electron chi connectivity index (χ1n) is 8.97. The molecule has 0 N–H and O–H groups in total. The summed E-state index contributed by atoms with van der Waals surface area (Å²) in [6, 6.07) is 22.7. The number of rotatable bonds is 4. The molecule has 0 spiro atoms. The highest BCUT2D eigenvalue weighted by Gasteiger charge is 2.24. The zero-order valence-electron chi connectivity index (χ0n) is 15.7. The first-order valence-corrected chi connectivity index (χ1v) is 8.97. The predicted octanol–water partition coefficient (Wildman–Crippen LogP) is 5.58. The molecule has 1 heterocycles. The highest BCUT2D eigenvalue weighted by atomic mass is 16.5. The maximum atomic E-state index is 6.23. The van der Waals surface area contributed by atoms with Gasteiger partial charge < -0.3 is 14.2 Å². The van der Waals surface area contributed by atoms with Crippen LogP contribution < -0.4 is 14.2 Å². The Labute approximate surface area is 159 Å². The molecule has 1 aliphatic rings. The molecule has 0 aromatic heterocycles. The largest absolute Gasteiger partial charge is 0.493 e. The van der Waals surface area contributed by atoms with Gasteiger partial charge in [0.15, 0.2) is 11.5 Å². The van der Waals surface area contributed by atoms with Crippen LogP contribution in [-0.4, -0.2) is 14.2 Å². The van der Waals surface area contributed by atoms with Crippen molar-refractivity contribution in [3.8, 4) is 17.2 Å². The Bertz CT molecular complexity index is 987. The number of methoxy groups -OCH3 is 2. The molecule has 0 saturated carbocycles. The van der Waals surface area contributed by atoms with Crippen LogP contribution in [0.1, 0.15) is 28.2 Å². The number of hydrogen-bond acceptors (Lipinski definition) is 3. The Morgan fingerprint density at radius 2 is 1.56 bits per heavy atom. The molecule has 3 nitrogen and oxygen atoms in total. The van der Waals surface area contributed by atoms with E-state index in [-0.39, 0.29) is 5.92 Å². The van der Waals surface area contributed by atoms with Gasteiger partial charge in [0.2, 0.25) is 0 Å². The summed E-state index contributed by atoms with van der Waals surface area (Å²) in [5.41, 5.74) is 4.63. The number of benzene rings is 3. The van der Waals surface area contributed by atoms with Gasteiger partial charge >= 0.3 is 0 Å². The minimum atomic E-state index is 0.138. The molecule has 0 fully saturated rings. The quantitative estimate of drug-likeness (QED) is 0.609. The van der Waals surface area contributed by atoms with E-state index in [1.54, 1.807) is 14.2 Å². The summed E-state index contributed by atoms with van der Waals surface area (Å²) in [4.78, 5) is 0. The summed E-state index contributed by atoms with van der Waals surface area (Å²) in [7, 11) is 3.28. The summed E-state index contributed by atoms with van der Waals surface area (Å²) in [5.74, 6) is 3.23. The van der Waals surface area contributed by atoms with E-state index in [1.165, 1.54) is 16.7 Å². The van der Waals surface area contributed by atoms with Gasteiger partial charge in [0, 0.05) is 17.0 Å². The molecule has 1 atom stereocenters. The zero-order chi connectivity index (χ0) is 18.8. The van der Waals surface area contributed by atoms with Crippen molar-refractivity contribution in [3.63, 3.8) is 0 Å². The lowest BCUT2D eigenvalue weighted by molar-refractivity contribution is 0.354. The van der Waals surface area contributed by atoms with E-state index in [2.05, 4.69) is 49.4 Å². The average Bonchev–Trinajstić information content (AvgIpc) is 2.73. The number of allylic oxidation sites excluding steroid dienone is 1. The van der Waals surface area contributed by atoms with Crippen LogP contribution in [0.15, 0.2) is 72.8 Å². The number of ether oxygens (including phenoxy) is 3. The van der Waals surface area contributed by atoms with Crippen molar-refractivity contribution in [2.75, 3.05) is 14.2 Å². The highest BCUT2D eigenvalue weighted by molar-refractivity contribution is 5.70. The number of hydrogen-bond donors (Lipinski definition) is 0. The number of para-hydroxylation sites is 1. The van der Waals surface area contributed by atoms with Crippen LogP contribution in [-0.2, 0) is 0 Å². The van der Waals surface area contributed by atoms with Gasteiger partial charge in [-0.1, -0.05) is 48.0 Å². The monoisotopic (exact) mass is 358 g/mol. The van der Waals surface area contributed by atoms with Gasteiger partial charge in [0.05, 0.1) is 14.2 Å². The molecule has 0 amide bonds. The number of fused-ring (bicyclic) bond motifs is 1. The van der Waals surface area contributed by atoms with Gasteiger partial charge in [-0.15, -0.1) is 0 Å². The van der Waals surface area contributed by atoms with E-state index >= 15 is 0 Å². The van der Waals surface area contributed by atoms with Crippen molar-refractivity contribution in [3.05, 3.63) is 95.1 Å². The molecule has 0 unspecified atom stereocenters. The normalized spacial score (nSPS) is 15.4. The van der Waals surface area contributed by atoms with Crippen molar-refractivity contribution in [2.45, 2.75) is 12.8 Å². The van der Waals surface area contributed by atoms with Crippen LogP contribution in [0.4, 0.5) is 0 Å². The Balaban J connectivity index is 1.81. The Hall–Kier alpha value is -3.20. The van der Waals surface area contributed by atoms with E-state index in [9.17, 15) is 0 Å². The standard InChI is InChI=1S/C24H22O3/c1-16-8-10-17(11-9-16)20-15-23(27-21-7-5-4-6-19(20)21)18-12-13-22(25-2)24(14-18)26-3/h4-15,20H,1-3H3/t20-/m1/s1. The SMILES string of the molecule is COc1ccc(C2=C[C@H](c3ccc(C)cc3)c3ccccc3O2)cc1OC. The van der Waals surface area contributed by atoms with Crippen LogP contribution in [0.5, 0.6) is 17.2 Å². The van der Waals surface area contributed by atoms with Gasteiger partial charge in [-0.3, -0.25) is 0 Å². The van der Waals surface area contributed by atoms with E-state index in [0.717, 1.165) is 17.1 Å². The topological polar surface area (TPSA) is 27.7 Å². The Kier molecular flexibility index (Phi) is 4.59. The van der Waals surface area contributed by atoms with Crippen molar-refractivity contribution < 1.29 is 14.2 Å². The van der Waals surface area contributed by atoms with E-state index in [0.29, 0.717) is 11.5 Å². The van der Waals surface area contributed by atoms with Crippen molar-refractivity contribution >= 4 is 5.76 Å². The van der Waals surface area contributed by atoms with Gasteiger partial charge in [-0.25, -0.2) is 0 Å². The minimum Gasteiger partial charge on any atom is -0.493 e. The van der Waals surface area contributed by atoms with Gasteiger partial charge in [0.1, 0.15) is 11.5 Å². The molecule has 3 aromatic carbocycles. The van der Waals surface area contributed by atoms with E-state index < -0.39 is 0 Å². The first kappa shape index (κ1) is 17.2. The van der Waals surface area contributed by atoms with Crippen LogP contribution >= 0.6 is 0 Å². The van der Waals surface area contributed by atoms with Crippen molar-refractivity contribution in [2.24, 2.45) is 0 Å². The van der Waals surface area contributed by atoms with Crippen LogP contribution in [0.25, 0.3) is 5.76 Å². The summed E-state index contributed by atoms with van der Waals surface area (Å²) >= 11 is 0. The molecule has 0 aliphatic carbocycles. The van der Waals surface area contributed by atoms with Crippen molar-refractivity contribution in [1.29, 1.82) is 0 Å². The van der Waals surface area contributed by atoms with Crippen LogP contribution in [0.2, 0.25) is 0 Å². The lowest BCUT2D eigenvalue weighted by Gasteiger charge is -2.26. The fourth-order valence-electron chi connectivity index (χ4n) is 3.42. The third-order valence-corrected chi connectivity index (χ3v) is 4.90. The molecule has 1 aliphatic heterocycles. The molecule has 136 valence electrons. The summed E-state index contributed by atoms with van der Waals surface area (Å²) in [6.07, 6.45) is 2.17. The summed E-state index contributed by atoms with van der Waals surface area (Å²) in [6.45, 7) is 2.10. The smallest absolute Gasteiger partial charge is 0.161 e.